The Bertz CT molecular complexity index is 773. The zero-order valence-electron chi connectivity index (χ0n) is 14.5. The van der Waals surface area contributed by atoms with Crippen LogP contribution >= 0.6 is 11.3 Å². The normalized spacial score (nSPS) is 11.0. The molecule has 0 aliphatic carbocycles. The highest BCUT2D eigenvalue weighted by Crippen LogP contribution is 2.29. The van der Waals surface area contributed by atoms with E-state index in [0.29, 0.717) is 17.5 Å². The largest absolute Gasteiger partial charge is 0.302 e. The minimum absolute atomic E-state index is 0.0117. The summed E-state index contributed by atoms with van der Waals surface area (Å²) in [5.74, 6) is 0.387. The number of nitrogens with zero attached hydrogens (tertiary/aromatic N) is 1. The smallest absolute Gasteiger partial charge is 0.227 e. The Morgan fingerprint density at radius 3 is 2.04 bits per heavy atom. The third-order valence-electron chi connectivity index (χ3n) is 4.15. The van der Waals surface area contributed by atoms with Crippen LogP contribution in [0.2, 0.25) is 0 Å². The van der Waals surface area contributed by atoms with Gasteiger partial charge in [-0.2, -0.15) is 0 Å². The number of carbonyl (C=O) groups is 1. The van der Waals surface area contributed by atoms with E-state index in [2.05, 4.69) is 48.4 Å². The van der Waals surface area contributed by atoms with E-state index in [1.165, 1.54) is 11.3 Å². The molecular formula is C21H22N2OS. The topological polar surface area (TPSA) is 42.0 Å². The van der Waals surface area contributed by atoms with Gasteiger partial charge in [-0.1, -0.05) is 74.5 Å². The first-order valence-electron chi connectivity index (χ1n) is 8.48. The van der Waals surface area contributed by atoms with E-state index in [9.17, 15) is 4.79 Å². The maximum Gasteiger partial charge on any atom is 0.227 e. The third kappa shape index (κ3) is 4.54. The van der Waals surface area contributed by atoms with Gasteiger partial charge in [0.15, 0.2) is 5.13 Å². The lowest BCUT2D eigenvalue weighted by molar-refractivity contribution is -0.116. The van der Waals surface area contributed by atoms with Crippen molar-refractivity contribution in [2.24, 2.45) is 0 Å². The molecule has 25 heavy (non-hydrogen) atoms. The molecule has 0 aliphatic heterocycles. The monoisotopic (exact) mass is 350 g/mol. The molecule has 128 valence electrons. The number of anilines is 1. The predicted octanol–water partition coefficient (Wildman–Crippen LogP) is 5.43. The average Bonchev–Trinajstić information content (AvgIpc) is 3.10. The third-order valence-corrected chi connectivity index (χ3v) is 4.93. The maximum absolute atomic E-state index is 12.6. The van der Waals surface area contributed by atoms with Gasteiger partial charge in [-0.05, 0) is 17.0 Å². The summed E-state index contributed by atoms with van der Waals surface area (Å²) in [6.45, 7) is 4.20. The van der Waals surface area contributed by atoms with Gasteiger partial charge in [0, 0.05) is 17.7 Å². The Kier molecular flexibility index (Phi) is 5.61. The van der Waals surface area contributed by atoms with Crippen LogP contribution in [0.25, 0.3) is 0 Å². The second-order valence-electron chi connectivity index (χ2n) is 6.36. The fourth-order valence-electron chi connectivity index (χ4n) is 2.76. The quantitative estimate of drug-likeness (QED) is 0.644. The summed E-state index contributed by atoms with van der Waals surface area (Å²) >= 11 is 1.48. The van der Waals surface area contributed by atoms with Crippen molar-refractivity contribution in [2.75, 3.05) is 5.32 Å². The summed E-state index contributed by atoms with van der Waals surface area (Å²) < 4.78 is 0. The molecule has 3 aromatic rings. The molecule has 0 radical (unpaired) electrons. The lowest BCUT2D eigenvalue weighted by Crippen LogP contribution is -2.16. The second kappa shape index (κ2) is 8.08. The second-order valence-corrected chi connectivity index (χ2v) is 7.22. The van der Waals surface area contributed by atoms with Crippen LogP contribution in [0.3, 0.4) is 0 Å². The Morgan fingerprint density at radius 1 is 1.00 bits per heavy atom. The number of hydrogen-bond donors (Lipinski definition) is 1. The zero-order valence-corrected chi connectivity index (χ0v) is 15.3. The molecule has 1 N–H and O–H groups in total. The molecule has 0 spiro atoms. The highest BCUT2D eigenvalue weighted by Gasteiger charge is 2.19. The van der Waals surface area contributed by atoms with Crippen LogP contribution in [0.5, 0.6) is 0 Å². The number of rotatable bonds is 6. The number of nitrogens with one attached hydrogen (secondary N) is 1. The van der Waals surface area contributed by atoms with Gasteiger partial charge in [0.2, 0.25) is 5.91 Å². The Morgan fingerprint density at radius 2 is 1.56 bits per heavy atom. The molecule has 4 heteroatoms. The number of thiazole rings is 1. The van der Waals surface area contributed by atoms with Crippen molar-refractivity contribution in [3.8, 4) is 0 Å². The van der Waals surface area contributed by atoms with Crippen LogP contribution < -0.4 is 5.32 Å². The van der Waals surface area contributed by atoms with Gasteiger partial charge in [0.05, 0.1) is 5.69 Å². The number of benzene rings is 2. The Labute approximate surface area is 152 Å². The van der Waals surface area contributed by atoms with E-state index in [1.54, 1.807) is 0 Å². The Balaban J connectivity index is 1.77. The summed E-state index contributed by atoms with van der Waals surface area (Å²) in [4.78, 5) is 17.1. The summed E-state index contributed by atoms with van der Waals surface area (Å²) in [6.07, 6.45) is 0.393. The maximum atomic E-state index is 12.6. The minimum atomic E-state index is -0.0117. The average molecular weight is 350 g/mol. The number of hydrogen-bond acceptors (Lipinski definition) is 3. The van der Waals surface area contributed by atoms with Crippen LogP contribution in [0.4, 0.5) is 5.13 Å². The molecule has 1 aromatic heterocycles. The summed E-state index contributed by atoms with van der Waals surface area (Å²) in [7, 11) is 0. The molecular weight excluding hydrogens is 328 g/mol. The van der Waals surface area contributed by atoms with Crippen molar-refractivity contribution < 1.29 is 4.79 Å². The van der Waals surface area contributed by atoms with E-state index in [-0.39, 0.29) is 11.8 Å². The highest BCUT2D eigenvalue weighted by molar-refractivity contribution is 7.13. The zero-order chi connectivity index (χ0) is 17.6. The van der Waals surface area contributed by atoms with Crippen LogP contribution in [-0.4, -0.2) is 10.9 Å². The molecule has 0 fully saturated rings. The fourth-order valence-corrected chi connectivity index (χ4v) is 3.65. The van der Waals surface area contributed by atoms with E-state index in [4.69, 9.17) is 0 Å². The fraction of sp³-hybridized carbons (Fsp3) is 0.238. The van der Waals surface area contributed by atoms with Crippen molar-refractivity contribution in [3.05, 3.63) is 82.9 Å². The van der Waals surface area contributed by atoms with Gasteiger partial charge in [-0.3, -0.25) is 4.79 Å². The summed E-state index contributed by atoms with van der Waals surface area (Å²) in [5, 5.41) is 5.64. The molecule has 2 aromatic carbocycles. The van der Waals surface area contributed by atoms with Gasteiger partial charge in [-0.25, -0.2) is 4.98 Å². The molecule has 0 bridgehead atoms. The molecule has 3 nitrogen and oxygen atoms in total. The summed E-state index contributed by atoms with van der Waals surface area (Å²) in [5.41, 5.74) is 3.31. The van der Waals surface area contributed by atoms with Crippen molar-refractivity contribution in [3.63, 3.8) is 0 Å². The molecule has 1 heterocycles. The first kappa shape index (κ1) is 17.4. The minimum Gasteiger partial charge on any atom is -0.302 e. The molecule has 0 atom stereocenters. The first-order valence-corrected chi connectivity index (χ1v) is 9.36. The van der Waals surface area contributed by atoms with Crippen LogP contribution in [-0.2, 0) is 4.79 Å². The van der Waals surface area contributed by atoms with Gasteiger partial charge < -0.3 is 5.32 Å². The van der Waals surface area contributed by atoms with Crippen LogP contribution in [0.15, 0.2) is 66.0 Å². The standard InChI is InChI=1S/C21H22N2OS/c1-15(2)19-14-25-21(22-19)23-20(24)13-18(16-9-5-3-6-10-16)17-11-7-4-8-12-17/h3-12,14-15,18H,13H2,1-2H3,(H,22,23,24). The van der Waals surface area contributed by atoms with Crippen LogP contribution in [0, 0.1) is 0 Å². The predicted molar refractivity (Wildman–Crippen MR) is 104 cm³/mol. The molecule has 0 saturated heterocycles. The summed E-state index contributed by atoms with van der Waals surface area (Å²) in [6, 6.07) is 20.3. The molecule has 0 saturated carbocycles. The van der Waals surface area contributed by atoms with E-state index in [1.807, 2.05) is 41.8 Å². The van der Waals surface area contributed by atoms with Gasteiger partial charge in [0.25, 0.3) is 0 Å². The molecule has 0 aliphatic rings. The molecule has 1 amide bonds. The van der Waals surface area contributed by atoms with Gasteiger partial charge in [-0.15, -0.1) is 11.3 Å². The van der Waals surface area contributed by atoms with Gasteiger partial charge >= 0.3 is 0 Å². The van der Waals surface area contributed by atoms with E-state index in [0.717, 1.165) is 16.8 Å². The van der Waals surface area contributed by atoms with Crippen LogP contribution in [0.1, 0.15) is 48.9 Å². The number of amides is 1. The molecule has 0 unspecified atom stereocenters. The lowest BCUT2D eigenvalue weighted by atomic mass is 9.88. The van der Waals surface area contributed by atoms with Crippen molar-refractivity contribution in [1.29, 1.82) is 0 Å². The highest BCUT2D eigenvalue weighted by atomic mass is 32.1. The first-order chi connectivity index (χ1) is 12.1. The van der Waals surface area contributed by atoms with Crippen molar-refractivity contribution in [1.82, 2.24) is 4.98 Å². The SMILES string of the molecule is CC(C)c1csc(NC(=O)CC(c2ccccc2)c2ccccc2)n1. The van der Waals surface area contributed by atoms with E-state index >= 15 is 0 Å². The molecule has 3 rings (SSSR count). The van der Waals surface area contributed by atoms with Crippen molar-refractivity contribution in [2.45, 2.75) is 32.1 Å². The van der Waals surface area contributed by atoms with Gasteiger partial charge in [0.1, 0.15) is 0 Å². The van der Waals surface area contributed by atoms with E-state index < -0.39 is 0 Å². The Hall–Kier alpha value is -2.46. The van der Waals surface area contributed by atoms with Crippen molar-refractivity contribution >= 4 is 22.4 Å². The number of carbonyl (C=O) groups excluding carboxylic acids is 1. The lowest BCUT2D eigenvalue weighted by Gasteiger charge is -2.17. The number of aromatic nitrogens is 1.